The second-order valence-electron chi connectivity index (χ2n) is 12.4. The fraction of sp³-hybridized carbons (Fsp3) is 0.629. The predicted octanol–water partition coefficient (Wildman–Crippen LogP) is 8.59. The molecule has 3 aliphatic rings. The number of hydrogen-bond acceptors (Lipinski definition) is 3. The molecule has 0 bridgehead atoms. The molecule has 0 radical (unpaired) electrons. The lowest BCUT2D eigenvalue weighted by Gasteiger charge is -2.33. The Morgan fingerprint density at radius 1 is 1.05 bits per heavy atom. The summed E-state index contributed by atoms with van der Waals surface area (Å²) in [4.78, 5) is 38.5. The molecule has 0 amide bonds. The van der Waals surface area contributed by atoms with Crippen molar-refractivity contribution in [3.8, 4) is 0 Å². The zero-order valence-electron chi connectivity index (χ0n) is 24.2. The van der Waals surface area contributed by atoms with Crippen LogP contribution in [0.15, 0.2) is 24.3 Å². The van der Waals surface area contributed by atoms with E-state index in [2.05, 4.69) is 45.1 Å². The Kier molecular flexibility index (Phi) is 9.96. The summed E-state index contributed by atoms with van der Waals surface area (Å²) in [7, 11) is 0. The van der Waals surface area contributed by atoms with E-state index in [0.717, 1.165) is 56.4 Å². The van der Waals surface area contributed by atoms with Gasteiger partial charge >= 0.3 is 0 Å². The Morgan fingerprint density at radius 3 is 2.45 bits per heavy atom. The zero-order chi connectivity index (χ0) is 27.2. The molecule has 3 aliphatic carbocycles. The number of carbonyl (C=O) groups excluding carboxylic acids is 3. The van der Waals surface area contributed by atoms with Gasteiger partial charge in [0, 0.05) is 17.9 Å². The van der Waals surface area contributed by atoms with Crippen molar-refractivity contribution >= 4 is 22.9 Å². The summed E-state index contributed by atoms with van der Waals surface area (Å²) in [6.45, 7) is 7.94. The number of ketones is 3. The van der Waals surface area contributed by atoms with Crippen LogP contribution in [0.25, 0.3) is 5.57 Å². The maximum atomic E-state index is 13.8. The van der Waals surface area contributed by atoms with Gasteiger partial charge in [0.25, 0.3) is 0 Å². The Balaban J connectivity index is 1.64. The second kappa shape index (κ2) is 13.2. The molecule has 38 heavy (non-hydrogen) atoms. The molecule has 0 aliphatic heterocycles. The van der Waals surface area contributed by atoms with E-state index in [1.165, 1.54) is 66.9 Å². The molecule has 1 aromatic carbocycles. The van der Waals surface area contributed by atoms with Crippen molar-refractivity contribution in [2.24, 2.45) is 23.7 Å². The van der Waals surface area contributed by atoms with E-state index in [-0.39, 0.29) is 35.7 Å². The van der Waals surface area contributed by atoms with E-state index >= 15 is 0 Å². The number of Topliss-reactive ketones (excluding diaryl/α,β-unsaturated/α-hetero) is 3. The maximum absolute atomic E-state index is 13.8. The average molecular weight is 517 g/mol. The smallest absolute Gasteiger partial charge is 0.163 e. The molecule has 3 atom stereocenters. The van der Waals surface area contributed by atoms with Crippen molar-refractivity contribution in [3.63, 3.8) is 0 Å². The highest BCUT2D eigenvalue weighted by Gasteiger charge is 2.35. The van der Waals surface area contributed by atoms with E-state index in [4.69, 9.17) is 0 Å². The van der Waals surface area contributed by atoms with E-state index in [1.807, 2.05) is 0 Å². The number of allylic oxidation sites excluding steroid dienone is 4. The Hall–Kier alpha value is -2.29. The van der Waals surface area contributed by atoms with Crippen LogP contribution in [0.1, 0.15) is 130 Å². The molecular weight excluding hydrogens is 468 g/mol. The molecule has 3 nitrogen and oxygen atoms in total. The van der Waals surface area contributed by atoms with Crippen molar-refractivity contribution < 1.29 is 14.4 Å². The summed E-state index contributed by atoms with van der Waals surface area (Å²) in [5, 5.41) is 0. The van der Waals surface area contributed by atoms with Crippen LogP contribution in [0.5, 0.6) is 0 Å². The van der Waals surface area contributed by atoms with E-state index in [0.29, 0.717) is 12.2 Å². The Labute approximate surface area is 230 Å². The van der Waals surface area contributed by atoms with Crippen LogP contribution in [0.2, 0.25) is 0 Å². The molecule has 1 fully saturated rings. The lowest BCUT2D eigenvalue weighted by Crippen LogP contribution is -2.30. The molecule has 3 unspecified atom stereocenters. The van der Waals surface area contributed by atoms with Crippen molar-refractivity contribution in [1.29, 1.82) is 0 Å². The highest BCUT2D eigenvalue weighted by Crippen LogP contribution is 2.41. The molecule has 0 saturated heterocycles. The first kappa shape index (κ1) is 28.7. The molecule has 0 N–H and O–H groups in total. The number of rotatable bonds is 12. The molecule has 3 heteroatoms. The van der Waals surface area contributed by atoms with Gasteiger partial charge < -0.3 is 0 Å². The molecule has 0 spiro atoms. The van der Waals surface area contributed by atoms with Crippen LogP contribution in [0, 0.1) is 30.6 Å². The fourth-order valence-electron chi connectivity index (χ4n) is 7.68. The minimum absolute atomic E-state index is 0.0404. The van der Waals surface area contributed by atoms with Crippen LogP contribution >= 0.6 is 0 Å². The van der Waals surface area contributed by atoms with Crippen LogP contribution in [-0.4, -0.2) is 17.3 Å². The highest BCUT2D eigenvalue weighted by atomic mass is 16.1. The van der Waals surface area contributed by atoms with Gasteiger partial charge in [0.2, 0.25) is 0 Å². The molecule has 0 heterocycles. The summed E-state index contributed by atoms with van der Waals surface area (Å²) < 4.78 is 0. The average Bonchev–Trinajstić information content (AvgIpc) is 3.41. The summed E-state index contributed by atoms with van der Waals surface area (Å²) in [6, 6.07) is 2.43. The SMILES string of the molecule is CCCC(CC1CC(=O)c2c(C)c(CC3CCCCC3)cc(C3=CCC=C3)c2C1)C(CC)C(=O)CC(C)=O. The predicted molar refractivity (Wildman–Crippen MR) is 156 cm³/mol. The van der Waals surface area contributed by atoms with Gasteiger partial charge in [-0.3, -0.25) is 14.4 Å². The molecule has 1 saturated carbocycles. The molecule has 1 aromatic rings. The van der Waals surface area contributed by atoms with Gasteiger partial charge in [0.15, 0.2) is 5.78 Å². The van der Waals surface area contributed by atoms with Gasteiger partial charge in [-0.25, -0.2) is 0 Å². The molecule has 0 aromatic heterocycles. The minimum atomic E-state index is -0.0881. The van der Waals surface area contributed by atoms with Crippen molar-refractivity contribution in [2.45, 2.75) is 118 Å². The van der Waals surface area contributed by atoms with E-state index in [9.17, 15) is 14.4 Å². The van der Waals surface area contributed by atoms with Crippen LogP contribution in [0.4, 0.5) is 0 Å². The van der Waals surface area contributed by atoms with E-state index < -0.39 is 0 Å². The van der Waals surface area contributed by atoms with Gasteiger partial charge in [-0.15, -0.1) is 0 Å². The number of fused-ring (bicyclic) bond motifs is 1. The fourth-order valence-corrected chi connectivity index (χ4v) is 7.68. The number of benzene rings is 1. The number of carbonyl (C=O) groups is 3. The van der Waals surface area contributed by atoms with Gasteiger partial charge in [-0.2, -0.15) is 0 Å². The largest absolute Gasteiger partial charge is 0.300 e. The van der Waals surface area contributed by atoms with Crippen molar-refractivity contribution in [1.82, 2.24) is 0 Å². The second-order valence-corrected chi connectivity index (χ2v) is 12.4. The van der Waals surface area contributed by atoms with Gasteiger partial charge in [-0.1, -0.05) is 83.1 Å². The third kappa shape index (κ3) is 6.64. The number of hydrogen-bond donors (Lipinski definition) is 0. The standard InChI is InChI=1S/C35H48O3/c1-5-12-28(30(6-2)33(37)17-23(3)36)19-26-20-32-31(27-15-10-11-16-27)22-29(18-25-13-8-7-9-14-25)24(4)35(32)34(38)21-26/h10,15-16,22,25-26,28,30H,5-9,11-14,17-21H2,1-4H3. The summed E-state index contributed by atoms with van der Waals surface area (Å²) >= 11 is 0. The topological polar surface area (TPSA) is 51.2 Å². The molecule has 206 valence electrons. The van der Waals surface area contributed by atoms with Crippen molar-refractivity contribution in [3.05, 3.63) is 52.1 Å². The highest BCUT2D eigenvalue weighted by molar-refractivity contribution is 6.02. The summed E-state index contributed by atoms with van der Waals surface area (Å²) in [6.07, 6.45) is 20.6. The van der Waals surface area contributed by atoms with Gasteiger partial charge in [0.05, 0.1) is 6.42 Å². The van der Waals surface area contributed by atoms with Crippen molar-refractivity contribution in [2.75, 3.05) is 0 Å². The van der Waals surface area contributed by atoms with Gasteiger partial charge in [0.1, 0.15) is 11.6 Å². The van der Waals surface area contributed by atoms with E-state index in [1.54, 1.807) is 0 Å². The molecule has 4 rings (SSSR count). The summed E-state index contributed by atoms with van der Waals surface area (Å²) in [5.41, 5.74) is 7.38. The normalized spacial score (nSPS) is 21.2. The first-order valence-corrected chi connectivity index (χ1v) is 15.4. The maximum Gasteiger partial charge on any atom is 0.163 e. The zero-order valence-corrected chi connectivity index (χ0v) is 24.2. The van der Waals surface area contributed by atoms with Crippen LogP contribution < -0.4 is 0 Å². The van der Waals surface area contributed by atoms with Crippen LogP contribution in [0.3, 0.4) is 0 Å². The minimum Gasteiger partial charge on any atom is -0.300 e. The third-order valence-corrected chi connectivity index (χ3v) is 9.50. The Morgan fingerprint density at radius 2 is 1.82 bits per heavy atom. The van der Waals surface area contributed by atoms with Gasteiger partial charge in [-0.05, 0) is 91.5 Å². The lowest BCUT2D eigenvalue weighted by atomic mass is 9.70. The van der Waals surface area contributed by atoms with Crippen LogP contribution in [-0.2, 0) is 22.4 Å². The lowest BCUT2D eigenvalue weighted by molar-refractivity contribution is -0.129. The molecular formula is C35H48O3. The quantitative estimate of drug-likeness (QED) is 0.261. The first-order valence-electron chi connectivity index (χ1n) is 15.4. The Bertz CT molecular complexity index is 1100. The first-order chi connectivity index (χ1) is 18.3. The summed E-state index contributed by atoms with van der Waals surface area (Å²) in [5.74, 6) is 1.46. The monoisotopic (exact) mass is 516 g/mol. The third-order valence-electron chi connectivity index (χ3n) is 9.50.